The van der Waals surface area contributed by atoms with Crippen molar-refractivity contribution < 1.29 is 21.4 Å². The molecule has 4 bridgehead atoms. The predicted octanol–water partition coefficient (Wildman–Crippen LogP) is 2.57. The Morgan fingerprint density at radius 1 is 0.880 bits per heavy atom. The van der Waals surface area contributed by atoms with E-state index >= 15 is 0 Å². The maximum absolute atomic E-state index is 13.0. The minimum atomic E-state index is -4.53. The monoisotopic (exact) mass is 393 g/mol. The summed E-state index contributed by atoms with van der Waals surface area (Å²) in [5.41, 5.74) is 0.0279. The molecule has 0 heterocycles. The van der Waals surface area contributed by atoms with Gasteiger partial charge in [-0.05, 0) is 89.4 Å². The maximum atomic E-state index is 13.0. The molecule has 0 radical (unpaired) electrons. The van der Waals surface area contributed by atoms with E-state index in [9.17, 15) is 21.4 Å². The van der Waals surface area contributed by atoms with Crippen LogP contribution in [-0.2, 0) is 20.1 Å². The van der Waals surface area contributed by atoms with Crippen LogP contribution in [-0.4, -0.2) is 37.4 Å². The van der Waals surface area contributed by atoms with E-state index in [0.717, 1.165) is 37.0 Å². The molecule has 0 atom stereocenters. The van der Waals surface area contributed by atoms with E-state index in [1.165, 1.54) is 47.0 Å². The van der Waals surface area contributed by atoms with Crippen LogP contribution in [0.3, 0.4) is 0 Å². The Hall–Kier alpha value is -0.180. The van der Waals surface area contributed by atoms with E-state index in [1.807, 2.05) is 0 Å². The summed E-state index contributed by atoms with van der Waals surface area (Å²) >= 11 is 0. The van der Waals surface area contributed by atoms with Crippen molar-refractivity contribution in [1.82, 2.24) is 4.72 Å². The fourth-order valence-corrected chi connectivity index (χ4v) is 8.34. The second-order valence-electron chi connectivity index (χ2n) is 9.74. The van der Waals surface area contributed by atoms with E-state index in [-0.39, 0.29) is 5.41 Å². The van der Waals surface area contributed by atoms with E-state index in [1.54, 1.807) is 0 Å². The Morgan fingerprint density at radius 2 is 1.28 bits per heavy atom. The molecule has 0 saturated heterocycles. The van der Waals surface area contributed by atoms with Gasteiger partial charge in [0.2, 0.25) is 10.0 Å². The first kappa shape index (κ1) is 19.6. The zero-order chi connectivity index (χ0) is 18.9. The molecule has 0 spiro atoms. The van der Waals surface area contributed by atoms with Gasteiger partial charge in [-0.1, -0.05) is 0 Å². The van der Waals surface area contributed by atoms with E-state index in [4.69, 9.17) is 0 Å². The molecule has 0 aromatic heterocycles. The van der Waals surface area contributed by atoms with Gasteiger partial charge in [0.1, 0.15) is 9.49 Å². The molecule has 4 aliphatic rings. The first-order valence-corrected chi connectivity index (χ1v) is 12.1. The Bertz CT molecular complexity index is 717. The molecule has 2 N–H and O–H groups in total. The first-order valence-electron chi connectivity index (χ1n) is 9.15. The number of nitrogens with one attached hydrogen (secondary N) is 1. The van der Waals surface area contributed by atoms with E-state index < -0.39 is 29.6 Å². The number of sulfonamides is 1. The number of hydrogen-bond donors (Lipinski definition) is 2. The molecule has 25 heavy (non-hydrogen) atoms. The van der Waals surface area contributed by atoms with Crippen LogP contribution in [0, 0.1) is 23.2 Å². The lowest BCUT2D eigenvalue weighted by Gasteiger charge is -2.57. The predicted molar refractivity (Wildman–Crippen MR) is 97.2 cm³/mol. The van der Waals surface area contributed by atoms with Gasteiger partial charge in [0, 0.05) is 6.54 Å². The molecule has 4 aliphatic carbocycles. The van der Waals surface area contributed by atoms with Gasteiger partial charge in [-0.2, -0.15) is 8.42 Å². The van der Waals surface area contributed by atoms with Crippen molar-refractivity contribution in [2.75, 3.05) is 6.54 Å². The van der Waals surface area contributed by atoms with Gasteiger partial charge < -0.3 is 0 Å². The van der Waals surface area contributed by atoms with Gasteiger partial charge in [-0.3, -0.25) is 4.55 Å². The van der Waals surface area contributed by atoms with Gasteiger partial charge in [0.15, 0.2) is 0 Å². The van der Waals surface area contributed by atoms with Gasteiger partial charge in [-0.15, -0.1) is 0 Å². The summed E-state index contributed by atoms with van der Waals surface area (Å²) in [7, 11) is -8.46. The molecule has 0 aromatic carbocycles. The molecule has 4 rings (SSSR count). The molecule has 146 valence electrons. The third-order valence-corrected chi connectivity index (χ3v) is 11.9. The summed E-state index contributed by atoms with van der Waals surface area (Å²) in [6.07, 6.45) is 7.07. The molecule has 6 nitrogen and oxygen atoms in total. The zero-order valence-electron chi connectivity index (χ0n) is 15.6. The van der Waals surface area contributed by atoms with Crippen LogP contribution in [0.2, 0.25) is 0 Å². The summed E-state index contributed by atoms with van der Waals surface area (Å²) in [6, 6.07) is 0. The highest BCUT2D eigenvalue weighted by atomic mass is 32.2. The molecule has 0 aliphatic heterocycles. The van der Waals surface area contributed by atoms with Crippen molar-refractivity contribution in [3.05, 3.63) is 0 Å². The van der Waals surface area contributed by atoms with Crippen LogP contribution in [0.1, 0.15) is 66.2 Å². The molecule has 8 heteroatoms. The summed E-state index contributed by atoms with van der Waals surface area (Å²) in [6.45, 7) is 5.62. The standard InChI is InChI=1S/C17H31NO5S2/c1-15(2,16(3,4)25(21,22)23)24(19,20)18-11-17-8-12-5-13(9-17)7-14(6-12)10-17/h12-14,18H,5-11H2,1-4H3,(H,21,22,23). The highest BCUT2D eigenvalue weighted by Crippen LogP contribution is 2.59. The van der Waals surface area contributed by atoms with Crippen molar-refractivity contribution in [2.24, 2.45) is 23.2 Å². The van der Waals surface area contributed by atoms with Gasteiger partial charge >= 0.3 is 0 Å². The summed E-state index contributed by atoms with van der Waals surface area (Å²) in [5, 5.41) is 0. The lowest BCUT2D eigenvalue weighted by atomic mass is 9.50. The van der Waals surface area contributed by atoms with Crippen LogP contribution in [0.4, 0.5) is 0 Å². The zero-order valence-corrected chi connectivity index (χ0v) is 17.2. The lowest BCUT2D eigenvalue weighted by molar-refractivity contribution is -0.0487. The molecule has 0 unspecified atom stereocenters. The molecule has 4 saturated carbocycles. The minimum Gasteiger partial charge on any atom is -0.285 e. The highest BCUT2D eigenvalue weighted by molar-refractivity contribution is 7.93. The van der Waals surface area contributed by atoms with Crippen LogP contribution in [0.5, 0.6) is 0 Å². The molecule has 4 fully saturated rings. The molecular formula is C17H31NO5S2. The van der Waals surface area contributed by atoms with E-state index in [0.29, 0.717) is 6.54 Å². The molecular weight excluding hydrogens is 362 g/mol. The largest absolute Gasteiger partial charge is 0.285 e. The van der Waals surface area contributed by atoms with Crippen molar-refractivity contribution in [2.45, 2.75) is 75.7 Å². The van der Waals surface area contributed by atoms with Gasteiger partial charge in [-0.25, -0.2) is 13.1 Å². The second-order valence-corrected chi connectivity index (χ2v) is 14.0. The van der Waals surface area contributed by atoms with Gasteiger partial charge in [0.05, 0.1) is 0 Å². The summed E-state index contributed by atoms with van der Waals surface area (Å²) in [5.74, 6) is 2.16. The first-order chi connectivity index (χ1) is 11.2. The average Bonchev–Trinajstić information content (AvgIpc) is 2.42. The maximum Gasteiger partial charge on any atom is 0.271 e. The highest BCUT2D eigenvalue weighted by Gasteiger charge is 2.56. The quantitative estimate of drug-likeness (QED) is 0.676. The van der Waals surface area contributed by atoms with Crippen LogP contribution in [0.25, 0.3) is 0 Å². The van der Waals surface area contributed by atoms with Crippen LogP contribution >= 0.6 is 0 Å². The second kappa shape index (κ2) is 5.66. The van der Waals surface area contributed by atoms with Crippen molar-refractivity contribution in [3.8, 4) is 0 Å². The topological polar surface area (TPSA) is 101 Å². The fourth-order valence-electron chi connectivity index (χ4n) is 5.57. The minimum absolute atomic E-state index is 0.0279. The van der Waals surface area contributed by atoms with Crippen LogP contribution in [0.15, 0.2) is 0 Å². The Morgan fingerprint density at radius 3 is 1.64 bits per heavy atom. The smallest absolute Gasteiger partial charge is 0.271 e. The third kappa shape index (κ3) is 3.07. The normalized spacial score (nSPS) is 36.0. The lowest BCUT2D eigenvalue weighted by Crippen LogP contribution is -2.60. The van der Waals surface area contributed by atoms with Crippen LogP contribution < -0.4 is 4.72 Å². The Balaban J connectivity index is 1.78. The Labute approximate surface area is 152 Å². The van der Waals surface area contributed by atoms with Gasteiger partial charge in [0.25, 0.3) is 10.1 Å². The molecule has 0 amide bonds. The van der Waals surface area contributed by atoms with Crippen molar-refractivity contribution >= 4 is 20.1 Å². The van der Waals surface area contributed by atoms with Crippen molar-refractivity contribution in [3.63, 3.8) is 0 Å². The Kier molecular flexibility index (Phi) is 4.43. The summed E-state index contributed by atoms with van der Waals surface area (Å²) in [4.78, 5) is 0. The third-order valence-electron chi connectivity index (χ3n) is 7.57. The number of hydrogen-bond acceptors (Lipinski definition) is 4. The average molecular weight is 394 g/mol. The summed E-state index contributed by atoms with van der Waals surface area (Å²) < 4.78 is 58.2. The number of rotatable bonds is 6. The van der Waals surface area contributed by atoms with Crippen molar-refractivity contribution in [1.29, 1.82) is 0 Å². The van der Waals surface area contributed by atoms with E-state index in [2.05, 4.69) is 4.72 Å². The fraction of sp³-hybridized carbons (Fsp3) is 1.00. The molecule has 0 aromatic rings. The SMILES string of the molecule is CC(C)(C(C)(C)S(=O)(=O)NCC12CC3CC(CC(C3)C1)C2)S(=O)(=O)O.